The molecule has 0 aromatic rings. The van der Waals surface area contributed by atoms with Gasteiger partial charge in [-0.25, -0.2) is 0 Å². The maximum absolute atomic E-state index is 2.44. The zero-order chi connectivity index (χ0) is 9.80. The zero-order valence-electron chi connectivity index (χ0n) is 9.50. The summed E-state index contributed by atoms with van der Waals surface area (Å²) in [5.41, 5.74) is 0. The molecule has 2 aliphatic carbocycles. The van der Waals surface area contributed by atoms with Crippen LogP contribution >= 0.6 is 11.8 Å². The van der Waals surface area contributed by atoms with E-state index < -0.39 is 0 Å². The van der Waals surface area contributed by atoms with Gasteiger partial charge in [-0.05, 0) is 31.6 Å². The monoisotopic (exact) mass is 212 g/mol. The summed E-state index contributed by atoms with van der Waals surface area (Å²) in [5.74, 6) is 1.00. The fraction of sp³-hybridized carbons (Fsp3) is 1.00. The summed E-state index contributed by atoms with van der Waals surface area (Å²) >= 11 is 2.35. The molecule has 82 valence electrons. The Bertz CT molecular complexity index is 161. The van der Waals surface area contributed by atoms with E-state index in [4.69, 9.17) is 0 Å². The molecule has 2 atom stereocenters. The highest BCUT2D eigenvalue weighted by molar-refractivity contribution is 8.00. The van der Waals surface area contributed by atoms with Gasteiger partial charge in [0.15, 0.2) is 0 Å². The topological polar surface area (TPSA) is 0 Å². The van der Waals surface area contributed by atoms with Crippen LogP contribution < -0.4 is 0 Å². The summed E-state index contributed by atoms with van der Waals surface area (Å²) in [6, 6.07) is 0. The van der Waals surface area contributed by atoms with Crippen molar-refractivity contribution in [1.82, 2.24) is 0 Å². The van der Waals surface area contributed by atoms with E-state index >= 15 is 0 Å². The van der Waals surface area contributed by atoms with E-state index in [1.54, 1.807) is 0 Å². The lowest BCUT2D eigenvalue weighted by Gasteiger charge is -2.31. The Balaban J connectivity index is 1.72. The lowest BCUT2D eigenvalue weighted by atomic mass is 9.90. The number of hydrogen-bond donors (Lipinski definition) is 0. The van der Waals surface area contributed by atoms with Gasteiger partial charge in [-0.1, -0.05) is 39.0 Å². The summed E-state index contributed by atoms with van der Waals surface area (Å²) in [5, 5.41) is 2.04. The standard InChI is InChI=1S/C13H24S/c1-11-6-5-9-13(10-11)14-12-7-3-2-4-8-12/h11-13H,2-10H2,1H3. The SMILES string of the molecule is CC1CCCC(SC2CCCCC2)C1. The van der Waals surface area contributed by atoms with Gasteiger partial charge in [0.1, 0.15) is 0 Å². The maximum atomic E-state index is 2.44. The molecule has 0 saturated heterocycles. The molecule has 2 saturated carbocycles. The minimum atomic E-state index is 1.00. The Labute approximate surface area is 93.2 Å². The van der Waals surface area contributed by atoms with Crippen molar-refractivity contribution in [3.8, 4) is 0 Å². The van der Waals surface area contributed by atoms with Gasteiger partial charge in [-0.2, -0.15) is 11.8 Å². The van der Waals surface area contributed by atoms with Crippen LogP contribution in [-0.2, 0) is 0 Å². The van der Waals surface area contributed by atoms with Gasteiger partial charge in [0.2, 0.25) is 0 Å². The molecular formula is C13H24S. The van der Waals surface area contributed by atoms with Gasteiger partial charge in [-0.3, -0.25) is 0 Å². The fourth-order valence-corrected chi connectivity index (χ4v) is 4.87. The summed E-state index contributed by atoms with van der Waals surface area (Å²) in [7, 11) is 0. The highest BCUT2D eigenvalue weighted by Crippen LogP contribution is 2.38. The van der Waals surface area contributed by atoms with Crippen molar-refractivity contribution >= 4 is 11.8 Å². The average Bonchev–Trinajstić information content (AvgIpc) is 2.19. The smallest absolute Gasteiger partial charge is 0.00523 e. The van der Waals surface area contributed by atoms with E-state index in [2.05, 4.69) is 18.7 Å². The minimum Gasteiger partial charge on any atom is -0.155 e. The Morgan fingerprint density at radius 1 is 0.786 bits per heavy atom. The predicted octanol–water partition coefficient (Wildman–Crippen LogP) is 4.63. The molecule has 0 aliphatic heterocycles. The quantitative estimate of drug-likeness (QED) is 0.643. The number of hydrogen-bond acceptors (Lipinski definition) is 1. The Morgan fingerprint density at radius 2 is 1.50 bits per heavy atom. The summed E-state index contributed by atoms with van der Waals surface area (Å²) < 4.78 is 0. The Hall–Kier alpha value is 0.350. The second-order valence-corrected chi connectivity index (χ2v) is 6.90. The molecule has 0 radical (unpaired) electrons. The number of rotatable bonds is 2. The van der Waals surface area contributed by atoms with Crippen molar-refractivity contribution in [1.29, 1.82) is 0 Å². The molecule has 0 spiro atoms. The van der Waals surface area contributed by atoms with E-state index in [9.17, 15) is 0 Å². The molecular weight excluding hydrogens is 188 g/mol. The third kappa shape index (κ3) is 3.18. The van der Waals surface area contributed by atoms with Gasteiger partial charge in [0, 0.05) is 10.5 Å². The van der Waals surface area contributed by atoms with Crippen LogP contribution in [0.5, 0.6) is 0 Å². The molecule has 1 heteroatoms. The highest BCUT2D eigenvalue weighted by atomic mass is 32.2. The second kappa shape index (κ2) is 5.44. The molecule has 2 fully saturated rings. The molecule has 2 aliphatic rings. The van der Waals surface area contributed by atoms with Gasteiger partial charge in [0.05, 0.1) is 0 Å². The summed E-state index contributed by atoms with van der Waals surface area (Å²) in [6.07, 6.45) is 13.5. The van der Waals surface area contributed by atoms with Crippen LogP contribution in [0.3, 0.4) is 0 Å². The van der Waals surface area contributed by atoms with Crippen LogP contribution in [0.1, 0.15) is 64.7 Å². The third-order valence-corrected chi connectivity index (χ3v) is 5.49. The van der Waals surface area contributed by atoms with E-state index in [0.717, 1.165) is 16.4 Å². The van der Waals surface area contributed by atoms with Crippen molar-refractivity contribution < 1.29 is 0 Å². The van der Waals surface area contributed by atoms with Crippen LogP contribution in [0, 0.1) is 5.92 Å². The van der Waals surface area contributed by atoms with Gasteiger partial charge in [0.25, 0.3) is 0 Å². The van der Waals surface area contributed by atoms with Crippen LogP contribution in [0.4, 0.5) is 0 Å². The second-order valence-electron chi connectivity index (χ2n) is 5.29. The zero-order valence-corrected chi connectivity index (χ0v) is 10.3. The fourth-order valence-electron chi connectivity index (χ4n) is 2.98. The van der Waals surface area contributed by atoms with Gasteiger partial charge < -0.3 is 0 Å². The van der Waals surface area contributed by atoms with Crippen LogP contribution in [-0.4, -0.2) is 10.5 Å². The first kappa shape index (κ1) is 10.9. The van der Waals surface area contributed by atoms with Crippen molar-refractivity contribution in [3.05, 3.63) is 0 Å². The predicted molar refractivity (Wildman–Crippen MR) is 65.9 cm³/mol. The van der Waals surface area contributed by atoms with Crippen LogP contribution in [0.15, 0.2) is 0 Å². The summed E-state index contributed by atoms with van der Waals surface area (Å²) in [4.78, 5) is 0. The lowest BCUT2D eigenvalue weighted by Crippen LogP contribution is -2.20. The van der Waals surface area contributed by atoms with Crippen molar-refractivity contribution in [2.75, 3.05) is 0 Å². The van der Waals surface area contributed by atoms with E-state index in [1.165, 1.54) is 57.8 Å². The Morgan fingerprint density at radius 3 is 2.21 bits per heavy atom. The van der Waals surface area contributed by atoms with Gasteiger partial charge in [-0.15, -0.1) is 0 Å². The van der Waals surface area contributed by atoms with E-state index in [-0.39, 0.29) is 0 Å². The molecule has 14 heavy (non-hydrogen) atoms. The first-order valence-electron chi connectivity index (χ1n) is 6.50. The molecule has 0 bridgehead atoms. The summed E-state index contributed by atoms with van der Waals surface area (Å²) in [6.45, 7) is 2.44. The lowest BCUT2D eigenvalue weighted by molar-refractivity contribution is 0.392. The van der Waals surface area contributed by atoms with Crippen molar-refractivity contribution in [3.63, 3.8) is 0 Å². The van der Waals surface area contributed by atoms with Crippen molar-refractivity contribution in [2.24, 2.45) is 5.92 Å². The van der Waals surface area contributed by atoms with Crippen LogP contribution in [0.2, 0.25) is 0 Å². The maximum Gasteiger partial charge on any atom is 0.00523 e. The molecule has 0 N–H and O–H groups in total. The first-order valence-corrected chi connectivity index (χ1v) is 7.44. The molecule has 2 rings (SSSR count). The first-order chi connectivity index (χ1) is 6.84. The van der Waals surface area contributed by atoms with Crippen LogP contribution in [0.25, 0.3) is 0 Å². The molecule has 0 aromatic heterocycles. The largest absolute Gasteiger partial charge is 0.155 e. The average molecular weight is 212 g/mol. The Kier molecular flexibility index (Phi) is 4.22. The molecule has 0 heterocycles. The molecule has 0 nitrogen and oxygen atoms in total. The molecule has 0 aromatic carbocycles. The van der Waals surface area contributed by atoms with E-state index in [0.29, 0.717) is 0 Å². The number of thioether (sulfide) groups is 1. The normalized spacial score (nSPS) is 35.8. The third-order valence-electron chi connectivity index (χ3n) is 3.83. The highest BCUT2D eigenvalue weighted by Gasteiger charge is 2.23. The van der Waals surface area contributed by atoms with Gasteiger partial charge >= 0.3 is 0 Å². The molecule has 0 amide bonds. The van der Waals surface area contributed by atoms with E-state index in [1.807, 2.05) is 0 Å². The molecule has 2 unspecified atom stereocenters. The minimum absolute atomic E-state index is 1.00. The van der Waals surface area contributed by atoms with Crippen molar-refractivity contribution in [2.45, 2.75) is 75.2 Å².